The lowest BCUT2D eigenvalue weighted by atomic mass is 9.90. The summed E-state index contributed by atoms with van der Waals surface area (Å²) in [6.45, 7) is 2.10. The van der Waals surface area contributed by atoms with E-state index in [0.29, 0.717) is 11.3 Å². The highest BCUT2D eigenvalue weighted by Gasteiger charge is 2.33. The molecule has 0 spiro atoms. The Kier molecular flexibility index (Phi) is 2.66. The number of hydrogen-bond donors (Lipinski definition) is 1. The molecule has 1 unspecified atom stereocenters. The molecule has 1 atom stereocenters. The maximum atomic E-state index is 8.12. The van der Waals surface area contributed by atoms with Crippen molar-refractivity contribution in [2.24, 2.45) is 4.99 Å². The van der Waals surface area contributed by atoms with Crippen LogP contribution in [0.1, 0.15) is 45.4 Å². The standard InChI is InChI=1S/C13H18N2S/c1-8(15-9-6-7-9)12-10-4-2-3-5-11(10)16-13(12)14/h9,11,14H,2-7H2,1H3. The van der Waals surface area contributed by atoms with E-state index in [1.165, 1.54) is 49.7 Å². The van der Waals surface area contributed by atoms with Gasteiger partial charge in [0.2, 0.25) is 0 Å². The van der Waals surface area contributed by atoms with Gasteiger partial charge in [0, 0.05) is 16.5 Å². The summed E-state index contributed by atoms with van der Waals surface area (Å²) in [4.78, 5) is 4.72. The van der Waals surface area contributed by atoms with E-state index in [0.717, 1.165) is 10.8 Å². The molecule has 0 radical (unpaired) electrons. The SMILES string of the molecule is CC(=NC1CC1)C1=C2CCCCC2SC1=N. The second kappa shape index (κ2) is 4.02. The zero-order valence-corrected chi connectivity index (χ0v) is 10.6. The normalized spacial score (nSPS) is 30.9. The van der Waals surface area contributed by atoms with E-state index < -0.39 is 0 Å². The molecule has 0 aromatic heterocycles. The number of nitrogens with one attached hydrogen (secondary N) is 1. The smallest absolute Gasteiger partial charge is 0.0966 e. The van der Waals surface area contributed by atoms with Crippen molar-refractivity contribution in [1.82, 2.24) is 0 Å². The van der Waals surface area contributed by atoms with Gasteiger partial charge in [-0.2, -0.15) is 0 Å². The van der Waals surface area contributed by atoms with Gasteiger partial charge in [0.25, 0.3) is 0 Å². The van der Waals surface area contributed by atoms with Crippen LogP contribution >= 0.6 is 11.8 Å². The zero-order valence-electron chi connectivity index (χ0n) is 9.75. The predicted molar refractivity (Wildman–Crippen MR) is 70.7 cm³/mol. The minimum Gasteiger partial charge on any atom is -0.293 e. The van der Waals surface area contributed by atoms with Crippen molar-refractivity contribution >= 4 is 22.5 Å². The van der Waals surface area contributed by atoms with Crippen LogP contribution in [0.3, 0.4) is 0 Å². The van der Waals surface area contributed by atoms with Crippen LogP contribution in [0.5, 0.6) is 0 Å². The molecule has 2 saturated carbocycles. The lowest BCUT2D eigenvalue weighted by Gasteiger charge is -2.19. The number of rotatable bonds is 2. The summed E-state index contributed by atoms with van der Waals surface area (Å²) < 4.78 is 0. The summed E-state index contributed by atoms with van der Waals surface area (Å²) in [5, 5.41) is 9.51. The van der Waals surface area contributed by atoms with Crippen LogP contribution in [0.15, 0.2) is 16.1 Å². The molecule has 86 valence electrons. The first-order valence-corrected chi connectivity index (χ1v) is 7.17. The third-order valence-corrected chi connectivity index (χ3v) is 4.89. The van der Waals surface area contributed by atoms with Crippen molar-refractivity contribution < 1.29 is 0 Å². The van der Waals surface area contributed by atoms with E-state index in [2.05, 4.69) is 6.92 Å². The van der Waals surface area contributed by atoms with Crippen molar-refractivity contribution in [2.75, 3.05) is 0 Å². The van der Waals surface area contributed by atoms with Gasteiger partial charge in [0.1, 0.15) is 0 Å². The Bertz CT molecular complexity index is 391. The Morgan fingerprint density at radius 2 is 2.12 bits per heavy atom. The molecule has 3 rings (SSSR count). The molecular weight excluding hydrogens is 216 g/mol. The molecule has 1 heterocycles. The third-order valence-electron chi connectivity index (χ3n) is 3.64. The summed E-state index contributed by atoms with van der Waals surface area (Å²) >= 11 is 1.76. The molecule has 3 heteroatoms. The number of thioether (sulfide) groups is 1. The lowest BCUT2D eigenvalue weighted by molar-refractivity contribution is 0.611. The van der Waals surface area contributed by atoms with Crippen LogP contribution in [0.2, 0.25) is 0 Å². The minimum absolute atomic E-state index is 0.577. The van der Waals surface area contributed by atoms with Crippen molar-refractivity contribution in [3.05, 3.63) is 11.1 Å². The molecule has 2 aliphatic carbocycles. The molecular formula is C13H18N2S. The average molecular weight is 234 g/mol. The van der Waals surface area contributed by atoms with Crippen LogP contribution in [0, 0.1) is 5.41 Å². The highest BCUT2D eigenvalue weighted by atomic mass is 32.2. The average Bonchev–Trinajstić information content (AvgIpc) is 2.98. The monoisotopic (exact) mass is 234 g/mol. The van der Waals surface area contributed by atoms with E-state index in [9.17, 15) is 0 Å². The van der Waals surface area contributed by atoms with Crippen molar-refractivity contribution in [2.45, 2.75) is 56.7 Å². The van der Waals surface area contributed by atoms with E-state index in [4.69, 9.17) is 10.4 Å². The Balaban J connectivity index is 1.92. The third kappa shape index (κ3) is 1.86. The summed E-state index contributed by atoms with van der Waals surface area (Å²) in [5.41, 5.74) is 3.88. The van der Waals surface area contributed by atoms with E-state index in [-0.39, 0.29) is 0 Å². The first-order chi connectivity index (χ1) is 7.75. The Labute approximate surface area is 101 Å². The summed E-state index contributed by atoms with van der Waals surface area (Å²) in [7, 11) is 0. The molecule has 0 aromatic carbocycles. The second-order valence-corrected chi connectivity index (χ2v) is 6.24. The van der Waals surface area contributed by atoms with Crippen LogP contribution in [0.25, 0.3) is 0 Å². The Morgan fingerprint density at radius 3 is 2.88 bits per heavy atom. The number of aliphatic imine (C=N–C) groups is 1. The molecule has 1 N–H and O–H groups in total. The van der Waals surface area contributed by atoms with E-state index in [1.807, 2.05) is 0 Å². The number of fused-ring (bicyclic) bond motifs is 1. The fraction of sp³-hybridized carbons (Fsp3) is 0.692. The van der Waals surface area contributed by atoms with Gasteiger partial charge in [0.15, 0.2) is 0 Å². The predicted octanol–water partition coefficient (Wildman–Crippen LogP) is 3.57. The van der Waals surface area contributed by atoms with Gasteiger partial charge in [-0.1, -0.05) is 18.2 Å². The molecule has 0 amide bonds. The van der Waals surface area contributed by atoms with Crippen LogP contribution in [-0.2, 0) is 0 Å². The lowest BCUT2D eigenvalue weighted by Crippen LogP contribution is -2.11. The number of hydrogen-bond acceptors (Lipinski definition) is 3. The van der Waals surface area contributed by atoms with Crippen LogP contribution in [0.4, 0.5) is 0 Å². The van der Waals surface area contributed by atoms with Gasteiger partial charge < -0.3 is 0 Å². The maximum Gasteiger partial charge on any atom is 0.0966 e. The van der Waals surface area contributed by atoms with Gasteiger partial charge in [0.05, 0.1) is 11.1 Å². The molecule has 2 nitrogen and oxygen atoms in total. The fourth-order valence-corrected chi connectivity index (χ4v) is 4.03. The van der Waals surface area contributed by atoms with Crippen molar-refractivity contribution in [3.8, 4) is 0 Å². The molecule has 16 heavy (non-hydrogen) atoms. The van der Waals surface area contributed by atoms with Gasteiger partial charge in [-0.3, -0.25) is 10.4 Å². The fourth-order valence-electron chi connectivity index (χ4n) is 2.68. The minimum atomic E-state index is 0.577. The first kappa shape index (κ1) is 10.6. The molecule has 3 aliphatic rings. The quantitative estimate of drug-likeness (QED) is 0.728. The summed E-state index contributed by atoms with van der Waals surface area (Å²) in [6, 6.07) is 0.577. The zero-order chi connectivity index (χ0) is 11.1. The molecule has 0 saturated heterocycles. The molecule has 0 aromatic rings. The molecule has 2 fully saturated rings. The maximum absolute atomic E-state index is 8.12. The summed E-state index contributed by atoms with van der Waals surface area (Å²) in [6.07, 6.45) is 7.61. The Hall–Kier alpha value is -0.570. The first-order valence-electron chi connectivity index (χ1n) is 6.29. The van der Waals surface area contributed by atoms with Crippen LogP contribution in [-0.4, -0.2) is 22.0 Å². The molecule has 0 bridgehead atoms. The topological polar surface area (TPSA) is 36.2 Å². The van der Waals surface area contributed by atoms with Crippen molar-refractivity contribution in [1.29, 1.82) is 5.41 Å². The second-order valence-electron chi connectivity index (χ2n) is 5.03. The number of nitrogens with zero attached hydrogens (tertiary/aromatic N) is 1. The summed E-state index contributed by atoms with van der Waals surface area (Å²) in [5.74, 6) is 0. The highest BCUT2D eigenvalue weighted by Crippen LogP contribution is 2.43. The molecule has 1 aliphatic heterocycles. The largest absolute Gasteiger partial charge is 0.293 e. The van der Waals surface area contributed by atoms with Crippen molar-refractivity contribution in [3.63, 3.8) is 0 Å². The highest BCUT2D eigenvalue weighted by molar-refractivity contribution is 8.15. The van der Waals surface area contributed by atoms with Gasteiger partial charge in [-0.25, -0.2) is 0 Å². The van der Waals surface area contributed by atoms with Gasteiger partial charge in [-0.15, -0.1) is 0 Å². The van der Waals surface area contributed by atoms with E-state index in [1.54, 1.807) is 11.8 Å². The van der Waals surface area contributed by atoms with Crippen LogP contribution < -0.4 is 0 Å². The van der Waals surface area contributed by atoms with Gasteiger partial charge >= 0.3 is 0 Å². The van der Waals surface area contributed by atoms with Gasteiger partial charge in [-0.05, 0) is 44.6 Å². The Morgan fingerprint density at radius 1 is 1.31 bits per heavy atom. The van der Waals surface area contributed by atoms with E-state index >= 15 is 0 Å².